The van der Waals surface area contributed by atoms with Crippen molar-refractivity contribution >= 4 is 64.6 Å². The summed E-state index contributed by atoms with van der Waals surface area (Å²) in [6.07, 6.45) is 0.500. The van der Waals surface area contributed by atoms with Gasteiger partial charge in [0.15, 0.2) is 0 Å². The van der Waals surface area contributed by atoms with E-state index in [-0.39, 0.29) is 63.6 Å². The Bertz CT molecular complexity index is 2360. The van der Waals surface area contributed by atoms with E-state index in [1.165, 1.54) is 66.7 Å². The number of carbonyl (C=O) groups is 4. The van der Waals surface area contributed by atoms with Crippen LogP contribution in [0.25, 0.3) is 0 Å². The number of nitrogens with two attached hydrogens (primary N) is 1. The first-order valence-corrected chi connectivity index (χ1v) is 15.9. The smallest absolute Gasteiger partial charge is 0.373 e. The minimum absolute atomic E-state index is 0.122. The molecule has 1 amide bonds. The number of carbonyl (C=O) groups excluding carboxylic acids is 5. The fraction of sp³-hybridized carbons (Fsp3) is 0.0526. The van der Waals surface area contributed by atoms with Gasteiger partial charge in [0.25, 0.3) is 5.91 Å². The molecule has 0 bridgehead atoms. The number of aromatic carboxylic acids is 3. The maximum atomic E-state index is 11.8. The fourth-order valence-electron chi connectivity index (χ4n) is 3.96. The quantitative estimate of drug-likeness (QED) is 0.0470. The van der Waals surface area contributed by atoms with Crippen LogP contribution in [0.4, 0.5) is 28.4 Å². The van der Waals surface area contributed by atoms with Crippen molar-refractivity contribution in [2.45, 2.75) is 6.92 Å². The summed E-state index contributed by atoms with van der Waals surface area (Å²) in [7, 11) is 0. The van der Waals surface area contributed by atoms with E-state index in [2.05, 4.69) is 25.8 Å². The minimum atomic E-state index is -1.25. The molecule has 0 heterocycles. The molecule has 21 heteroatoms. The number of nitrogens with one attached hydrogen (secondary N) is 1. The highest BCUT2D eigenvalue weighted by Crippen LogP contribution is 2.27. The van der Waals surface area contributed by atoms with Crippen LogP contribution < -0.4 is 11.1 Å². The highest BCUT2D eigenvalue weighted by molar-refractivity contribution is 5.95. The van der Waals surface area contributed by atoms with Gasteiger partial charge in [0.2, 0.25) is 0 Å². The van der Waals surface area contributed by atoms with Crippen LogP contribution in [0.2, 0.25) is 0 Å². The molecule has 10 N–H and O–H groups in total. The predicted octanol–water partition coefficient (Wildman–Crippen LogP) is 5.97. The number of benzene rings is 5. The zero-order valence-electron chi connectivity index (χ0n) is 30.3. The Hall–Kier alpha value is -9.06. The zero-order chi connectivity index (χ0) is 44.5. The lowest BCUT2D eigenvalue weighted by Crippen LogP contribution is -2.22. The van der Waals surface area contributed by atoms with Gasteiger partial charge in [0.1, 0.15) is 39.7 Å². The number of carboxylic acid groups (broad SMARTS) is 3. The second-order valence-corrected chi connectivity index (χ2v) is 10.6. The van der Waals surface area contributed by atoms with Gasteiger partial charge in [-0.2, -0.15) is 39.6 Å². The lowest BCUT2D eigenvalue weighted by Gasteiger charge is -2.02. The molecule has 0 fully saturated rings. The van der Waals surface area contributed by atoms with E-state index in [9.17, 15) is 29.4 Å². The number of anilines is 1. The average Bonchev–Trinajstić information content (AvgIpc) is 3.20. The molecule has 21 nitrogen and oxygen atoms in total. The lowest BCUT2D eigenvalue weighted by molar-refractivity contribution is -0.193. The predicted molar refractivity (Wildman–Crippen MR) is 201 cm³/mol. The Labute approximate surface area is 331 Å². The third kappa shape index (κ3) is 17.3. The monoisotopic (exact) mass is 812 g/mol. The number of azo groups is 2. The summed E-state index contributed by atoms with van der Waals surface area (Å²) in [6, 6.07) is 24.4. The molecule has 5 rings (SSSR count). The van der Waals surface area contributed by atoms with Crippen molar-refractivity contribution in [2.24, 2.45) is 20.5 Å². The first-order valence-electron chi connectivity index (χ1n) is 15.9. The van der Waals surface area contributed by atoms with E-state index in [0.717, 1.165) is 0 Å². The molecule has 0 unspecified atom stereocenters. The van der Waals surface area contributed by atoms with E-state index >= 15 is 0 Å². The fourth-order valence-corrected chi connectivity index (χ4v) is 3.96. The molecular weight excluding hydrogens is 780 g/mol. The van der Waals surface area contributed by atoms with Crippen LogP contribution in [0.3, 0.4) is 0 Å². The summed E-state index contributed by atoms with van der Waals surface area (Å²) >= 11 is 0. The third-order valence-corrected chi connectivity index (χ3v) is 6.53. The molecule has 5 aromatic rings. The number of nitrogen functional groups attached to an aromatic ring is 1. The molecule has 0 spiro atoms. The summed E-state index contributed by atoms with van der Waals surface area (Å²) in [6.45, 7) is 2.35. The van der Waals surface area contributed by atoms with Gasteiger partial charge in [-0.05, 0) is 104 Å². The molecule has 0 aliphatic rings. The van der Waals surface area contributed by atoms with Crippen molar-refractivity contribution in [3.05, 3.63) is 125 Å². The second-order valence-electron chi connectivity index (χ2n) is 10.6. The molecular formula is C38H32N6O15. The van der Waals surface area contributed by atoms with Crippen LogP contribution in [-0.4, -0.2) is 78.4 Å². The van der Waals surface area contributed by atoms with E-state index in [1.807, 2.05) is 6.92 Å². The van der Waals surface area contributed by atoms with Crippen molar-refractivity contribution in [1.29, 1.82) is 0 Å². The van der Waals surface area contributed by atoms with Crippen LogP contribution in [-0.2, 0) is 19.2 Å². The second kappa shape index (κ2) is 25.1. The number of carboxylic acids is 3. The molecule has 304 valence electrons. The Kier molecular flexibility index (Phi) is 20.4. The summed E-state index contributed by atoms with van der Waals surface area (Å²) in [4.78, 5) is 76.4. The van der Waals surface area contributed by atoms with Crippen LogP contribution >= 0.6 is 0 Å². The van der Waals surface area contributed by atoms with Gasteiger partial charge in [0, 0.05) is 17.8 Å². The molecule has 0 aliphatic carbocycles. The normalized spacial score (nSPS) is 9.64. The standard InChI is InChI=1S/C16H15N3O4.C13H10N2O4.C7H7NO3.2CO2/c1-2-17-15(21)10-4-3-5-11(8-10)18-19-12-6-7-14(20)13(9-12)16(22)23;16-10-4-1-8(2-5-10)14-15-9-3-6-12(17)11(7-9)13(18)19;8-4-1-2-6(9)5(3-4)7(10)11;2*2-1-3/h3-9,20H,2H2,1H3,(H,17,21)(H,22,23);1-7,16-17H,(H,18,19);1-3,9H,8H2,(H,10,11);;. The number of aromatic hydroxyl groups is 4. The zero-order valence-corrected chi connectivity index (χ0v) is 30.3. The first-order chi connectivity index (χ1) is 28.0. The van der Waals surface area contributed by atoms with Crippen molar-refractivity contribution in [1.82, 2.24) is 5.32 Å². The minimum Gasteiger partial charge on any atom is -0.508 e. The molecule has 59 heavy (non-hydrogen) atoms. The van der Waals surface area contributed by atoms with Gasteiger partial charge in [0.05, 0.1) is 22.7 Å². The molecule has 0 saturated heterocycles. The van der Waals surface area contributed by atoms with E-state index < -0.39 is 17.9 Å². The highest BCUT2D eigenvalue weighted by Gasteiger charge is 2.11. The van der Waals surface area contributed by atoms with Crippen LogP contribution in [0.1, 0.15) is 48.4 Å². The number of phenolic OH excluding ortho intramolecular Hbond substituents is 1. The van der Waals surface area contributed by atoms with Crippen molar-refractivity contribution in [3.63, 3.8) is 0 Å². The van der Waals surface area contributed by atoms with E-state index in [4.69, 9.17) is 50.4 Å². The Morgan fingerprint density at radius 3 is 1.32 bits per heavy atom. The van der Waals surface area contributed by atoms with Crippen molar-refractivity contribution in [3.8, 4) is 23.0 Å². The number of hydrogen-bond acceptors (Lipinski definition) is 17. The first kappa shape index (κ1) is 48.0. The maximum Gasteiger partial charge on any atom is 0.373 e. The SMILES string of the molecule is CCNC(=O)c1cccc(N=Nc2ccc(O)c(C(=O)O)c2)c1.Nc1ccc(O)c(C(=O)O)c1.O=C(O)c1cc(N=Nc2ccc(O)cc2)ccc1O.O=C=O.O=C=O. The number of amides is 1. The van der Waals surface area contributed by atoms with E-state index in [1.54, 1.807) is 36.4 Å². The molecule has 5 aromatic carbocycles. The van der Waals surface area contributed by atoms with Gasteiger partial charge >= 0.3 is 30.2 Å². The largest absolute Gasteiger partial charge is 0.508 e. The van der Waals surface area contributed by atoms with Gasteiger partial charge in [-0.15, -0.1) is 0 Å². The molecule has 0 saturated carbocycles. The Morgan fingerprint density at radius 2 is 0.915 bits per heavy atom. The number of phenols is 4. The van der Waals surface area contributed by atoms with Crippen molar-refractivity contribution in [2.75, 3.05) is 12.3 Å². The van der Waals surface area contributed by atoms with Gasteiger partial charge in [-0.1, -0.05) is 6.07 Å². The highest BCUT2D eigenvalue weighted by atomic mass is 16.4. The summed E-state index contributed by atoms with van der Waals surface area (Å²) < 4.78 is 0. The van der Waals surface area contributed by atoms with E-state index in [0.29, 0.717) is 34.9 Å². The van der Waals surface area contributed by atoms with Gasteiger partial charge in [-0.3, -0.25) is 4.79 Å². The topological polar surface area (TPSA) is 366 Å². The van der Waals surface area contributed by atoms with Crippen LogP contribution in [0.5, 0.6) is 23.0 Å². The summed E-state index contributed by atoms with van der Waals surface area (Å²) in [5.41, 5.74) is 6.97. The maximum absolute atomic E-state index is 11.8. The number of nitrogens with zero attached hydrogens (tertiary/aromatic N) is 4. The van der Waals surface area contributed by atoms with Crippen LogP contribution in [0, 0.1) is 0 Å². The van der Waals surface area contributed by atoms with Gasteiger partial charge < -0.3 is 46.8 Å². The number of hydrogen-bond donors (Lipinski definition) is 9. The molecule has 0 aliphatic heterocycles. The van der Waals surface area contributed by atoms with Gasteiger partial charge in [-0.25, -0.2) is 14.4 Å². The summed E-state index contributed by atoms with van der Waals surface area (Å²) in [5, 5.41) is 81.5. The lowest BCUT2D eigenvalue weighted by atomic mass is 10.2. The van der Waals surface area contributed by atoms with Crippen LogP contribution in [0.15, 0.2) is 124 Å². The average molecular weight is 813 g/mol. The van der Waals surface area contributed by atoms with Crippen molar-refractivity contribution < 1.29 is 74.1 Å². The molecule has 0 radical (unpaired) electrons. The molecule has 0 aromatic heterocycles. The third-order valence-electron chi connectivity index (χ3n) is 6.53. The summed E-state index contributed by atoms with van der Waals surface area (Å²) in [5.74, 6) is -4.69. The Balaban J connectivity index is 0.000000433. The molecule has 0 atom stereocenters. The number of rotatable bonds is 9. The Morgan fingerprint density at radius 1 is 0.542 bits per heavy atom.